The van der Waals surface area contributed by atoms with Crippen LogP contribution in [0.25, 0.3) is 0 Å². The van der Waals surface area contributed by atoms with Gasteiger partial charge in [0.2, 0.25) is 0 Å². The molecule has 0 aliphatic carbocycles. The molecule has 0 aliphatic rings. The monoisotopic (exact) mass is 304 g/mol. The van der Waals surface area contributed by atoms with E-state index in [0.717, 1.165) is 17.8 Å². The maximum atomic E-state index is 12.2. The lowest BCUT2D eigenvalue weighted by atomic mass is 10.2. The van der Waals surface area contributed by atoms with E-state index in [-0.39, 0.29) is 11.9 Å². The Morgan fingerprint density at radius 1 is 1.38 bits per heavy atom. The van der Waals surface area contributed by atoms with Crippen molar-refractivity contribution in [3.05, 3.63) is 40.0 Å². The van der Waals surface area contributed by atoms with Gasteiger partial charge in [0.05, 0.1) is 18.4 Å². The first-order valence-electron chi connectivity index (χ1n) is 7.03. The van der Waals surface area contributed by atoms with Gasteiger partial charge in [-0.15, -0.1) is 11.3 Å². The maximum absolute atomic E-state index is 12.2. The number of carbonyl (C=O) groups excluding carboxylic acids is 1. The second-order valence-corrected chi connectivity index (χ2v) is 6.18. The molecule has 0 saturated heterocycles. The van der Waals surface area contributed by atoms with Crippen molar-refractivity contribution in [2.45, 2.75) is 33.2 Å². The third-order valence-corrected chi connectivity index (χ3v) is 4.14. The lowest BCUT2D eigenvalue weighted by Gasteiger charge is -2.12. The van der Waals surface area contributed by atoms with Crippen LogP contribution in [0, 0.1) is 6.92 Å². The second-order valence-electron chi connectivity index (χ2n) is 4.86. The lowest BCUT2D eigenvalue weighted by Crippen LogP contribution is -2.27. The van der Waals surface area contributed by atoms with Crippen LogP contribution in [0.1, 0.15) is 46.6 Å². The molecule has 0 saturated carbocycles. The molecule has 2 aromatic heterocycles. The zero-order chi connectivity index (χ0) is 15.2. The summed E-state index contributed by atoms with van der Waals surface area (Å²) in [5.41, 5.74) is 0.330. The van der Waals surface area contributed by atoms with E-state index in [1.807, 2.05) is 13.0 Å². The van der Waals surface area contributed by atoms with Gasteiger partial charge in [0.1, 0.15) is 11.5 Å². The first-order chi connectivity index (χ1) is 10.1. The minimum Gasteiger partial charge on any atom is -0.369 e. The fraction of sp³-hybridized carbons (Fsp3) is 0.400. The van der Waals surface area contributed by atoms with Crippen LogP contribution in [0.5, 0.6) is 0 Å². The number of hydrogen-bond acceptors (Lipinski definition) is 5. The Morgan fingerprint density at radius 3 is 2.86 bits per heavy atom. The van der Waals surface area contributed by atoms with Crippen LogP contribution in [-0.2, 0) is 0 Å². The minimum absolute atomic E-state index is 0.0368. The zero-order valence-corrected chi connectivity index (χ0v) is 13.3. The van der Waals surface area contributed by atoms with Gasteiger partial charge in [0.25, 0.3) is 5.91 Å². The molecule has 1 amide bonds. The first kappa shape index (κ1) is 15.4. The van der Waals surface area contributed by atoms with Gasteiger partial charge < -0.3 is 10.6 Å². The summed E-state index contributed by atoms with van der Waals surface area (Å²) in [6, 6.07) is 4.05. The quantitative estimate of drug-likeness (QED) is 0.860. The Hall–Kier alpha value is -1.95. The van der Waals surface area contributed by atoms with Gasteiger partial charge in [-0.2, -0.15) is 0 Å². The highest BCUT2D eigenvalue weighted by atomic mass is 32.1. The number of anilines is 1. The molecule has 1 unspecified atom stereocenters. The van der Waals surface area contributed by atoms with E-state index in [4.69, 9.17) is 0 Å². The van der Waals surface area contributed by atoms with Crippen molar-refractivity contribution in [2.24, 2.45) is 0 Å². The first-order valence-corrected chi connectivity index (χ1v) is 7.85. The molecular weight excluding hydrogens is 284 g/mol. The summed E-state index contributed by atoms with van der Waals surface area (Å²) in [5.74, 6) is 0.422. The van der Waals surface area contributed by atoms with E-state index in [0.29, 0.717) is 11.5 Å². The molecule has 0 spiro atoms. The van der Waals surface area contributed by atoms with Crippen molar-refractivity contribution in [3.63, 3.8) is 0 Å². The highest BCUT2D eigenvalue weighted by Crippen LogP contribution is 2.22. The SMILES string of the molecule is CCCNc1cncc(C(=O)NC(C)c2ccc(C)s2)n1. The van der Waals surface area contributed by atoms with Crippen LogP contribution in [0.2, 0.25) is 0 Å². The molecule has 0 fully saturated rings. The smallest absolute Gasteiger partial charge is 0.272 e. The van der Waals surface area contributed by atoms with E-state index in [1.165, 1.54) is 11.1 Å². The van der Waals surface area contributed by atoms with E-state index >= 15 is 0 Å². The van der Waals surface area contributed by atoms with Gasteiger partial charge >= 0.3 is 0 Å². The van der Waals surface area contributed by atoms with Gasteiger partial charge in [-0.25, -0.2) is 4.98 Å². The van der Waals surface area contributed by atoms with Crippen LogP contribution in [-0.4, -0.2) is 22.4 Å². The molecule has 2 heterocycles. The predicted molar refractivity (Wildman–Crippen MR) is 85.7 cm³/mol. The lowest BCUT2D eigenvalue weighted by molar-refractivity contribution is 0.0935. The number of aryl methyl sites for hydroxylation is 1. The average molecular weight is 304 g/mol. The van der Waals surface area contributed by atoms with Crippen LogP contribution >= 0.6 is 11.3 Å². The van der Waals surface area contributed by atoms with Crippen molar-refractivity contribution < 1.29 is 4.79 Å². The molecule has 21 heavy (non-hydrogen) atoms. The van der Waals surface area contributed by atoms with Crippen molar-refractivity contribution in [1.82, 2.24) is 15.3 Å². The summed E-state index contributed by atoms with van der Waals surface area (Å²) in [4.78, 5) is 22.9. The maximum Gasteiger partial charge on any atom is 0.272 e. The summed E-state index contributed by atoms with van der Waals surface area (Å²) >= 11 is 1.68. The van der Waals surface area contributed by atoms with Crippen molar-refractivity contribution in [3.8, 4) is 0 Å². The molecule has 2 rings (SSSR count). The number of nitrogens with zero attached hydrogens (tertiary/aromatic N) is 2. The van der Waals surface area contributed by atoms with Gasteiger partial charge in [-0.1, -0.05) is 6.92 Å². The van der Waals surface area contributed by atoms with Crippen LogP contribution < -0.4 is 10.6 Å². The van der Waals surface area contributed by atoms with Crippen LogP contribution in [0.4, 0.5) is 5.82 Å². The van der Waals surface area contributed by atoms with Crippen LogP contribution in [0.3, 0.4) is 0 Å². The summed E-state index contributed by atoms with van der Waals surface area (Å²) in [6.07, 6.45) is 4.10. The normalized spacial score (nSPS) is 12.0. The summed E-state index contributed by atoms with van der Waals surface area (Å²) in [6.45, 7) is 6.90. The fourth-order valence-corrected chi connectivity index (χ4v) is 2.72. The molecule has 0 bridgehead atoms. The molecule has 1 atom stereocenters. The van der Waals surface area contributed by atoms with Crippen molar-refractivity contribution in [2.75, 3.05) is 11.9 Å². The third-order valence-electron chi connectivity index (χ3n) is 2.96. The standard InChI is InChI=1S/C15H20N4OS/c1-4-7-17-14-9-16-8-12(19-14)15(20)18-11(3)13-6-5-10(2)21-13/h5-6,8-9,11H,4,7H2,1-3H3,(H,17,19)(H,18,20). The number of amides is 1. The second kappa shape index (κ2) is 7.17. The number of thiophene rings is 1. The number of aromatic nitrogens is 2. The Labute approximate surface area is 128 Å². The highest BCUT2D eigenvalue weighted by molar-refractivity contribution is 7.12. The number of rotatable bonds is 6. The van der Waals surface area contributed by atoms with E-state index in [1.54, 1.807) is 17.5 Å². The average Bonchev–Trinajstić information content (AvgIpc) is 2.92. The topological polar surface area (TPSA) is 66.9 Å². The Balaban J connectivity index is 2.02. The fourth-order valence-electron chi connectivity index (χ4n) is 1.84. The third kappa shape index (κ3) is 4.26. The molecule has 112 valence electrons. The van der Waals surface area contributed by atoms with Gasteiger partial charge in [0.15, 0.2) is 0 Å². The molecule has 0 aliphatic heterocycles. The summed E-state index contributed by atoms with van der Waals surface area (Å²) < 4.78 is 0. The predicted octanol–water partition coefficient (Wildman–Crippen LogP) is 3.16. The molecular formula is C15H20N4OS. The molecule has 2 N–H and O–H groups in total. The van der Waals surface area contributed by atoms with E-state index in [2.05, 4.69) is 40.5 Å². The summed E-state index contributed by atoms with van der Waals surface area (Å²) in [7, 11) is 0. The molecule has 0 radical (unpaired) electrons. The molecule has 0 aromatic carbocycles. The largest absolute Gasteiger partial charge is 0.369 e. The summed E-state index contributed by atoms with van der Waals surface area (Å²) in [5, 5.41) is 6.08. The number of nitrogens with one attached hydrogen (secondary N) is 2. The van der Waals surface area contributed by atoms with Crippen molar-refractivity contribution >= 4 is 23.1 Å². The Morgan fingerprint density at radius 2 is 2.19 bits per heavy atom. The molecule has 2 aromatic rings. The molecule has 5 nitrogen and oxygen atoms in total. The van der Waals surface area contributed by atoms with Gasteiger partial charge in [-0.3, -0.25) is 9.78 Å². The zero-order valence-electron chi connectivity index (χ0n) is 12.5. The Bertz CT molecular complexity index is 611. The number of hydrogen-bond donors (Lipinski definition) is 2. The number of carbonyl (C=O) groups is 1. The van der Waals surface area contributed by atoms with E-state index in [9.17, 15) is 4.79 Å². The van der Waals surface area contributed by atoms with E-state index < -0.39 is 0 Å². The van der Waals surface area contributed by atoms with Crippen LogP contribution in [0.15, 0.2) is 24.5 Å². The molecule has 6 heteroatoms. The minimum atomic E-state index is -0.207. The Kier molecular flexibility index (Phi) is 5.27. The highest BCUT2D eigenvalue weighted by Gasteiger charge is 2.14. The van der Waals surface area contributed by atoms with Gasteiger partial charge in [0, 0.05) is 16.3 Å². The van der Waals surface area contributed by atoms with Crippen molar-refractivity contribution in [1.29, 1.82) is 0 Å². The van der Waals surface area contributed by atoms with Gasteiger partial charge in [-0.05, 0) is 32.4 Å².